The number of nitrogens with two attached hydrogens (primary N) is 1. The number of nitrogens with zero attached hydrogens (tertiary/aromatic N) is 2. The zero-order valence-electron chi connectivity index (χ0n) is 9.12. The third-order valence-electron chi connectivity index (χ3n) is 2.22. The number of hydrogen-bond acceptors (Lipinski definition) is 3. The standard InChI is InChI=1S/C11H18ClN3/c1-2-3-7-15(8-6-13)11-5-4-10(12)9-14-11/h4-5,9H,2-3,6-8,13H2,1H3. The molecule has 1 heterocycles. The highest BCUT2D eigenvalue weighted by Gasteiger charge is 2.05. The number of aromatic nitrogens is 1. The molecular formula is C11H18ClN3. The molecule has 0 aliphatic heterocycles. The van der Waals surface area contributed by atoms with Crippen LogP contribution in [0.4, 0.5) is 5.82 Å². The quantitative estimate of drug-likeness (QED) is 0.811. The summed E-state index contributed by atoms with van der Waals surface area (Å²) in [7, 11) is 0. The minimum Gasteiger partial charge on any atom is -0.355 e. The van der Waals surface area contributed by atoms with Crippen molar-refractivity contribution >= 4 is 17.4 Å². The molecule has 0 unspecified atom stereocenters. The first-order valence-corrected chi connectivity index (χ1v) is 5.72. The van der Waals surface area contributed by atoms with Gasteiger partial charge in [-0.3, -0.25) is 0 Å². The average Bonchev–Trinajstić information content (AvgIpc) is 2.25. The van der Waals surface area contributed by atoms with Gasteiger partial charge in [0, 0.05) is 25.8 Å². The van der Waals surface area contributed by atoms with Crippen molar-refractivity contribution < 1.29 is 0 Å². The topological polar surface area (TPSA) is 42.1 Å². The molecule has 0 radical (unpaired) electrons. The zero-order chi connectivity index (χ0) is 11.1. The minimum atomic E-state index is 0.647. The van der Waals surface area contributed by atoms with Gasteiger partial charge in [0.1, 0.15) is 5.82 Å². The van der Waals surface area contributed by atoms with E-state index in [-0.39, 0.29) is 0 Å². The lowest BCUT2D eigenvalue weighted by molar-refractivity contribution is 0.708. The van der Waals surface area contributed by atoms with Crippen molar-refractivity contribution in [2.75, 3.05) is 24.5 Å². The van der Waals surface area contributed by atoms with Crippen molar-refractivity contribution in [3.63, 3.8) is 0 Å². The van der Waals surface area contributed by atoms with E-state index >= 15 is 0 Å². The van der Waals surface area contributed by atoms with Crippen LogP contribution in [0.5, 0.6) is 0 Å². The zero-order valence-corrected chi connectivity index (χ0v) is 9.87. The fraction of sp³-hybridized carbons (Fsp3) is 0.545. The van der Waals surface area contributed by atoms with Crippen molar-refractivity contribution in [2.45, 2.75) is 19.8 Å². The third kappa shape index (κ3) is 4.06. The molecule has 0 aliphatic rings. The van der Waals surface area contributed by atoms with Crippen molar-refractivity contribution in [1.29, 1.82) is 0 Å². The van der Waals surface area contributed by atoms with Crippen LogP contribution >= 0.6 is 11.6 Å². The minimum absolute atomic E-state index is 0.647. The van der Waals surface area contributed by atoms with Crippen LogP contribution in [0.15, 0.2) is 18.3 Å². The summed E-state index contributed by atoms with van der Waals surface area (Å²) >= 11 is 5.79. The fourth-order valence-corrected chi connectivity index (χ4v) is 1.51. The Kier molecular flexibility index (Phi) is 5.43. The van der Waals surface area contributed by atoms with E-state index in [0.717, 1.165) is 25.3 Å². The van der Waals surface area contributed by atoms with Gasteiger partial charge in [0.15, 0.2) is 0 Å². The molecule has 0 bridgehead atoms. The lowest BCUT2D eigenvalue weighted by Crippen LogP contribution is -2.30. The van der Waals surface area contributed by atoms with Crippen molar-refractivity contribution in [1.82, 2.24) is 4.98 Å². The highest BCUT2D eigenvalue weighted by molar-refractivity contribution is 6.30. The number of rotatable bonds is 6. The Morgan fingerprint density at radius 3 is 2.73 bits per heavy atom. The molecule has 15 heavy (non-hydrogen) atoms. The molecule has 0 spiro atoms. The summed E-state index contributed by atoms with van der Waals surface area (Å²) in [5, 5.41) is 0.668. The number of halogens is 1. The van der Waals surface area contributed by atoms with E-state index in [0.29, 0.717) is 11.6 Å². The Labute approximate surface area is 96.2 Å². The molecule has 0 aromatic carbocycles. The van der Waals surface area contributed by atoms with E-state index in [1.807, 2.05) is 12.1 Å². The van der Waals surface area contributed by atoms with E-state index < -0.39 is 0 Å². The van der Waals surface area contributed by atoms with Crippen LogP contribution in [-0.2, 0) is 0 Å². The molecule has 1 aromatic rings. The molecule has 3 nitrogen and oxygen atoms in total. The summed E-state index contributed by atoms with van der Waals surface area (Å²) < 4.78 is 0. The molecule has 1 rings (SSSR count). The third-order valence-corrected chi connectivity index (χ3v) is 2.44. The van der Waals surface area contributed by atoms with Gasteiger partial charge in [0.05, 0.1) is 5.02 Å². The van der Waals surface area contributed by atoms with Gasteiger partial charge in [-0.15, -0.1) is 0 Å². The van der Waals surface area contributed by atoms with Gasteiger partial charge >= 0.3 is 0 Å². The van der Waals surface area contributed by atoms with Gasteiger partial charge in [-0.25, -0.2) is 4.98 Å². The van der Waals surface area contributed by atoms with Crippen molar-refractivity contribution in [3.05, 3.63) is 23.4 Å². The van der Waals surface area contributed by atoms with E-state index in [2.05, 4.69) is 16.8 Å². The van der Waals surface area contributed by atoms with E-state index in [1.54, 1.807) is 6.20 Å². The van der Waals surface area contributed by atoms with Gasteiger partial charge in [-0.05, 0) is 18.6 Å². The Morgan fingerprint density at radius 1 is 1.40 bits per heavy atom. The number of anilines is 1. The number of unbranched alkanes of at least 4 members (excludes halogenated alkanes) is 1. The summed E-state index contributed by atoms with van der Waals surface area (Å²) in [6, 6.07) is 3.80. The molecule has 4 heteroatoms. The second-order valence-corrected chi connectivity index (χ2v) is 3.90. The summed E-state index contributed by atoms with van der Waals surface area (Å²) in [5.74, 6) is 0.957. The van der Waals surface area contributed by atoms with Crippen molar-refractivity contribution in [2.24, 2.45) is 5.73 Å². The number of pyridine rings is 1. The fourth-order valence-electron chi connectivity index (χ4n) is 1.40. The summed E-state index contributed by atoms with van der Waals surface area (Å²) in [4.78, 5) is 6.48. The first-order chi connectivity index (χ1) is 7.27. The summed E-state index contributed by atoms with van der Waals surface area (Å²) in [5.41, 5.74) is 5.57. The Balaban J connectivity index is 2.65. The molecule has 84 valence electrons. The van der Waals surface area contributed by atoms with Crippen molar-refractivity contribution in [3.8, 4) is 0 Å². The van der Waals surface area contributed by atoms with E-state index in [4.69, 9.17) is 17.3 Å². The maximum absolute atomic E-state index is 5.79. The Morgan fingerprint density at radius 2 is 2.20 bits per heavy atom. The predicted octanol–water partition coefficient (Wildman–Crippen LogP) is 2.30. The van der Waals surface area contributed by atoms with Crippen LogP contribution in [0.3, 0.4) is 0 Å². The molecule has 0 aliphatic carbocycles. The predicted molar refractivity (Wildman–Crippen MR) is 65.4 cm³/mol. The highest BCUT2D eigenvalue weighted by atomic mass is 35.5. The molecule has 0 atom stereocenters. The summed E-state index contributed by atoms with van der Waals surface area (Å²) in [6.45, 7) is 4.67. The molecule has 2 N–H and O–H groups in total. The van der Waals surface area contributed by atoms with Gasteiger partial charge < -0.3 is 10.6 Å². The smallest absolute Gasteiger partial charge is 0.128 e. The Hall–Kier alpha value is -0.800. The lowest BCUT2D eigenvalue weighted by atomic mass is 10.3. The van der Waals surface area contributed by atoms with Gasteiger partial charge in [0.25, 0.3) is 0 Å². The lowest BCUT2D eigenvalue weighted by Gasteiger charge is -2.22. The van der Waals surface area contributed by atoms with Crippen LogP contribution in [0.1, 0.15) is 19.8 Å². The van der Waals surface area contributed by atoms with Crippen LogP contribution < -0.4 is 10.6 Å². The summed E-state index contributed by atoms with van der Waals surface area (Å²) in [6.07, 6.45) is 4.01. The molecule has 0 fully saturated rings. The maximum Gasteiger partial charge on any atom is 0.128 e. The Bertz CT molecular complexity index is 274. The van der Waals surface area contributed by atoms with Crippen LogP contribution in [0, 0.1) is 0 Å². The first-order valence-electron chi connectivity index (χ1n) is 5.34. The first kappa shape index (κ1) is 12.3. The monoisotopic (exact) mass is 227 g/mol. The molecule has 0 saturated heterocycles. The average molecular weight is 228 g/mol. The van der Waals surface area contributed by atoms with E-state index in [9.17, 15) is 0 Å². The molecule has 0 saturated carbocycles. The van der Waals surface area contributed by atoms with Gasteiger partial charge in [0.2, 0.25) is 0 Å². The normalized spacial score (nSPS) is 10.3. The second kappa shape index (κ2) is 6.64. The maximum atomic E-state index is 5.79. The SMILES string of the molecule is CCCCN(CCN)c1ccc(Cl)cn1. The van der Waals surface area contributed by atoms with Gasteiger partial charge in [-0.2, -0.15) is 0 Å². The van der Waals surface area contributed by atoms with Crippen LogP contribution in [-0.4, -0.2) is 24.6 Å². The van der Waals surface area contributed by atoms with Crippen LogP contribution in [0.25, 0.3) is 0 Å². The number of hydrogen-bond donors (Lipinski definition) is 1. The van der Waals surface area contributed by atoms with Gasteiger partial charge in [-0.1, -0.05) is 24.9 Å². The molecular weight excluding hydrogens is 210 g/mol. The van der Waals surface area contributed by atoms with E-state index in [1.165, 1.54) is 6.42 Å². The largest absolute Gasteiger partial charge is 0.355 e. The highest BCUT2D eigenvalue weighted by Crippen LogP contribution is 2.14. The molecule has 1 aromatic heterocycles. The second-order valence-electron chi connectivity index (χ2n) is 3.46. The van der Waals surface area contributed by atoms with Crippen LogP contribution in [0.2, 0.25) is 5.02 Å². The molecule has 0 amide bonds.